The van der Waals surface area contributed by atoms with Crippen molar-refractivity contribution in [3.8, 4) is 11.8 Å². The lowest BCUT2D eigenvalue weighted by atomic mass is 9.68. The molecule has 12 heteroatoms. The van der Waals surface area contributed by atoms with Crippen LogP contribution >= 0.6 is 0 Å². The maximum Gasteiger partial charge on any atom is 0.315 e. The molecule has 2 amide bonds. The highest BCUT2D eigenvalue weighted by Gasteiger charge is 2.68. The number of carbonyl (C=O) groups excluding carboxylic acids is 2. The van der Waals surface area contributed by atoms with Crippen LogP contribution in [0, 0.1) is 5.41 Å². The van der Waals surface area contributed by atoms with Gasteiger partial charge < -0.3 is 15.3 Å². The highest BCUT2D eigenvalue weighted by atomic mass is 32.2. The molecule has 1 aliphatic heterocycles. The number of hydrogen-bond acceptors (Lipinski definition) is 7. The van der Waals surface area contributed by atoms with Crippen molar-refractivity contribution >= 4 is 27.9 Å². The Morgan fingerprint density at radius 3 is 2.00 bits per heavy atom. The predicted molar refractivity (Wildman–Crippen MR) is 91.7 cm³/mol. The zero-order valence-electron chi connectivity index (χ0n) is 14.5. The second-order valence-electron chi connectivity index (χ2n) is 6.83. The summed E-state index contributed by atoms with van der Waals surface area (Å²) < 4.78 is 35.8. The van der Waals surface area contributed by atoms with E-state index in [1.807, 2.05) is 0 Å². The van der Waals surface area contributed by atoms with Crippen LogP contribution in [0.1, 0.15) is 25.7 Å². The molecular formula is C16H18N2O9S. The van der Waals surface area contributed by atoms with Gasteiger partial charge in [-0.1, -0.05) is 6.42 Å². The molecular weight excluding hydrogens is 396 g/mol. The second kappa shape index (κ2) is 6.34. The Balaban J connectivity index is 2.33. The van der Waals surface area contributed by atoms with Gasteiger partial charge in [-0.2, -0.15) is 8.42 Å². The summed E-state index contributed by atoms with van der Waals surface area (Å²) in [4.78, 5) is 34.3. The van der Waals surface area contributed by atoms with Gasteiger partial charge in [-0.05, 0) is 19.3 Å². The zero-order chi connectivity index (χ0) is 20.9. The molecule has 2 heterocycles. The molecule has 2 aliphatic rings. The first-order valence-electron chi connectivity index (χ1n) is 8.32. The van der Waals surface area contributed by atoms with Crippen molar-refractivity contribution in [3.05, 3.63) is 24.3 Å². The van der Waals surface area contributed by atoms with Crippen LogP contribution in [0.5, 0.6) is 11.8 Å². The molecule has 3 rings (SSSR count). The first kappa shape index (κ1) is 19.9. The van der Waals surface area contributed by atoms with Crippen molar-refractivity contribution in [2.24, 2.45) is 5.41 Å². The lowest BCUT2D eigenvalue weighted by Crippen LogP contribution is -2.64. The molecule has 0 spiro atoms. The monoisotopic (exact) mass is 414 g/mol. The Hall–Kier alpha value is -2.86. The topological polar surface area (TPSA) is 174 Å². The third kappa shape index (κ3) is 2.52. The van der Waals surface area contributed by atoms with Gasteiger partial charge in [0.1, 0.15) is 5.41 Å². The standard InChI is InChI=1S/C16H18N2O9S/c19-10-3-4-11(20)17(10)9-15(14(23)24)7-1-2-8-16(15,28(25,26)27)18-12(21)5-6-13(18)22/h3-6,21-22H,1-2,7-9H2,(H,23,24)(H,25,26,27). The molecule has 2 atom stereocenters. The number of aromatic nitrogens is 1. The molecule has 0 bridgehead atoms. The maximum absolute atomic E-state index is 12.6. The summed E-state index contributed by atoms with van der Waals surface area (Å²) >= 11 is 0. The zero-order valence-corrected chi connectivity index (χ0v) is 15.3. The van der Waals surface area contributed by atoms with Gasteiger partial charge in [0.05, 0.1) is 0 Å². The van der Waals surface area contributed by atoms with E-state index in [1.165, 1.54) is 0 Å². The highest BCUT2D eigenvalue weighted by Crippen LogP contribution is 2.56. The maximum atomic E-state index is 12.6. The lowest BCUT2D eigenvalue weighted by Gasteiger charge is -2.50. The van der Waals surface area contributed by atoms with Crippen LogP contribution in [0.15, 0.2) is 24.3 Å². The minimum atomic E-state index is -5.29. The number of imide groups is 1. The Labute approximate surface area is 159 Å². The minimum absolute atomic E-state index is 0.145. The summed E-state index contributed by atoms with van der Waals surface area (Å²) in [5, 5.41) is 30.4. The van der Waals surface area contributed by atoms with Gasteiger partial charge in [-0.3, -0.25) is 28.4 Å². The smallest absolute Gasteiger partial charge is 0.315 e. The number of carboxylic acid groups (broad SMARTS) is 1. The third-order valence-corrected chi connectivity index (χ3v) is 7.11. The largest absolute Gasteiger partial charge is 0.494 e. The van der Waals surface area contributed by atoms with Crippen LogP contribution in [0.25, 0.3) is 0 Å². The molecule has 4 N–H and O–H groups in total. The van der Waals surface area contributed by atoms with Gasteiger partial charge in [0.25, 0.3) is 21.9 Å². The van der Waals surface area contributed by atoms with Gasteiger partial charge in [0.2, 0.25) is 0 Å². The Kier molecular flexibility index (Phi) is 4.51. The molecule has 0 saturated heterocycles. The van der Waals surface area contributed by atoms with Crippen molar-refractivity contribution in [3.63, 3.8) is 0 Å². The molecule has 1 aliphatic carbocycles. The van der Waals surface area contributed by atoms with E-state index >= 15 is 0 Å². The van der Waals surface area contributed by atoms with Crippen molar-refractivity contribution in [2.75, 3.05) is 6.54 Å². The highest BCUT2D eigenvalue weighted by molar-refractivity contribution is 7.86. The van der Waals surface area contributed by atoms with Crippen molar-refractivity contribution < 1.29 is 42.7 Å². The van der Waals surface area contributed by atoms with E-state index < -0.39 is 62.9 Å². The first-order valence-corrected chi connectivity index (χ1v) is 9.76. The minimum Gasteiger partial charge on any atom is -0.494 e. The van der Waals surface area contributed by atoms with Crippen LogP contribution < -0.4 is 0 Å². The summed E-state index contributed by atoms with van der Waals surface area (Å²) in [6.45, 7) is -0.871. The number of hydrogen-bond donors (Lipinski definition) is 4. The van der Waals surface area contributed by atoms with Crippen molar-refractivity contribution in [2.45, 2.75) is 30.6 Å². The molecule has 1 aromatic rings. The SMILES string of the molecule is O=C1C=CC(=O)N1CC1(C(=O)O)CCCCC1(n1c(O)ccc1O)S(=O)(=O)O. The molecule has 28 heavy (non-hydrogen) atoms. The molecule has 2 unspecified atom stereocenters. The van der Waals surface area contributed by atoms with E-state index in [0.29, 0.717) is 9.47 Å². The Bertz CT molecular complexity index is 958. The molecule has 11 nitrogen and oxygen atoms in total. The molecule has 152 valence electrons. The van der Waals surface area contributed by atoms with E-state index in [-0.39, 0.29) is 19.3 Å². The number of aliphatic carboxylic acids is 1. The van der Waals surface area contributed by atoms with Gasteiger partial charge in [0, 0.05) is 30.8 Å². The van der Waals surface area contributed by atoms with Crippen LogP contribution in [0.4, 0.5) is 0 Å². The average molecular weight is 414 g/mol. The predicted octanol–water partition coefficient (Wildman–Crippen LogP) is 0.00990. The van der Waals surface area contributed by atoms with E-state index in [9.17, 15) is 42.7 Å². The normalized spacial score (nSPS) is 28.1. The number of rotatable bonds is 5. The van der Waals surface area contributed by atoms with Crippen LogP contribution in [0.2, 0.25) is 0 Å². The average Bonchev–Trinajstić information content (AvgIpc) is 3.10. The van der Waals surface area contributed by atoms with Crippen LogP contribution in [0.3, 0.4) is 0 Å². The van der Waals surface area contributed by atoms with Crippen molar-refractivity contribution in [1.82, 2.24) is 9.47 Å². The van der Waals surface area contributed by atoms with Gasteiger partial charge >= 0.3 is 5.97 Å². The summed E-state index contributed by atoms with van der Waals surface area (Å²) in [6, 6.07) is 1.88. The van der Waals surface area contributed by atoms with E-state index in [4.69, 9.17) is 0 Å². The number of aromatic hydroxyl groups is 2. The number of amides is 2. The van der Waals surface area contributed by atoms with Crippen LogP contribution in [-0.2, 0) is 29.4 Å². The third-order valence-electron chi connectivity index (χ3n) is 5.48. The fourth-order valence-electron chi connectivity index (χ4n) is 4.23. The van der Waals surface area contributed by atoms with Crippen LogP contribution in [-0.4, -0.2) is 62.1 Å². The summed E-state index contributed by atoms with van der Waals surface area (Å²) in [6.07, 6.45) is 1.39. The van der Waals surface area contributed by atoms with E-state index in [1.54, 1.807) is 0 Å². The fourth-order valence-corrected chi connectivity index (χ4v) is 5.80. The molecule has 0 aromatic carbocycles. The van der Waals surface area contributed by atoms with E-state index in [0.717, 1.165) is 24.3 Å². The molecule has 1 saturated carbocycles. The summed E-state index contributed by atoms with van der Waals surface area (Å²) in [5.74, 6) is -4.95. The number of nitrogens with zero attached hydrogens (tertiary/aromatic N) is 2. The number of carboxylic acids is 1. The van der Waals surface area contributed by atoms with E-state index in [2.05, 4.69) is 0 Å². The number of carbonyl (C=O) groups is 3. The molecule has 1 fully saturated rings. The molecule has 1 aromatic heterocycles. The first-order chi connectivity index (χ1) is 13.0. The Morgan fingerprint density at radius 1 is 1.04 bits per heavy atom. The summed E-state index contributed by atoms with van der Waals surface area (Å²) in [7, 11) is -5.29. The van der Waals surface area contributed by atoms with Gasteiger partial charge in [-0.25, -0.2) is 0 Å². The summed E-state index contributed by atoms with van der Waals surface area (Å²) in [5.41, 5.74) is -2.43. The Morgan fingerprint density at radius 2 is 1.54 bits per heavy atom. The van der Waals surface area contributed by atoms with Gasteiger partial charge in [-0.15, -0.1) is 0 Å². The second-order valence-corrected chi connectivity index (χ2v) is 8.46. The van der Waals surface area contributed by atoms with Gasteiger partial charge in [0.15, 0.2) is 16.6 Å². The fraction of sp³-hybridized carbons (Fsp3) is 0.438. The van der Waals surface area contributed by atoms with Crippen molar-refractivity contribution in [1.29, 1.82) is 0 Å². The lowest BCUT2D eigenvalue weighted by molar-refractivity contribution is -0.161. The quantitative estimate of drug-likeness (QED) is 0.382. The molecule has 0 radical (unpaired) electrons.